The first kappa shape index (κ1) is 85.0. The minimum atomic E-state index is -1.85. The van der Waals surface area contributed by atoms with Crippen LogP contribution < -0.4 is 110 Å². The molecule has 2 aromatic rings. The molecule has 0 heterocycles. The molecule has 0 saturated heterocycles. The summed E-state index contributed by atoms with van der Waals surface area (Å²) in [5.41, 5.74) is 44.2. The third-order valence-electron chi connectivity index (χ3n) is 15.0. The molecular weight excluding hydrogens is 1290 g/mol. The number of nitrogens with two attached hydrogens (primary N) is 8. The number of rotatable bonds is 47. The van der Waals surface area contributed by atoms with Gasteiger partial charge in [-0.05, 0) is 123 Å². The summed E-state index contributed by atoms with van der Waals surface area (Å²) < 4.78 is 0. The van der Waals surface area contributed by atoms with E-state index in [4.69, 9.17) is 45.9 Å². The van der Waals surface area contributed by atoms with Gasteiger partial charge in [-0.25, -0.2) is 0 Å². The Balaban J connectivity index is 2.20. The number of aliphatic imine (C=N–C) groups is 2. The SMILES string of the molecule is C[C@H](NC(=O)CNC(=O)[C@@H](NC(=O)[C@](C)(Cc1ccccc1)NC(=O)CNC(=O)CNC(=O)[C@@H](N)Cc1ccccc1)[C@@H](C)O)C(=O)N[C@@H](CCCN=C(N)N)C(=O)N[C@@H](CCCCN)C(=O)N[C@@H](CO)C(=O)N[C@@H](C)C(=O)N[C@@H](CCCN=C(N)N)C(=O)N[C@@H](CCCCN)C(N)=O. The number of carbonyl (C=O) groups is 13. The Kier molecular flexibility index (Phi) is 39.0. The van der Waals surface area contributed by atoms with Gasteiger partial charge in [-0.1, -0.05) is 60.7 Å². The van der Waals surface area contributed by atoms with Crippen molar-refractivity contribution in [3.05, 3.63) is 71.8 Å². The maximum atomic E-state index is 14.1. The van der Waals surface area contributed by atoms with Crippen LogP contribution in [0.25, 0.3) is 0 Å². The van der Waals surface area contributed by atoms with E-state index >= 15 is 0 Å². The Bertz CT molecular complexity index is 3050. The maximum Gasteiger partial charge on any atom is 0.246 e. The van der Waals surface area contributed by atoms with E-state index in [0.717, 1.165) is 5.56 Å². The fraction of sp³-hybridized carbons (Fsp3) is 0.565. The quantitative estimate of drug-likeness (QED) is 0.0166. The van der Waals surface area contributed by atoms with Gasteiger partial charge in [-0.2, -0.15) is 0 Å². The summed E-state index contributed by atoms with van der Waals surface area (Å²) in [6.45, 7) is 2.54. The van der Waals surface area contributed by atoms with Crippen LogP contribution in [-0.2, 0) is 75.2 Å². The fourth-order valence-electron chi connectivity index (χ4n) is 9.45. The van der Waals surface area contributed by atoms with Gasteiger partial charge < -0.3 is 120 Å². The van der Waals surface area contributed by atoms with Gasteiger partial charge in [0.15, 0.2) is 11.9 Å². The molecule has 0 aliphatic carbocycles. The van der Waals surface area contributed by atoms with Crippen LogP contribution >= 0.6 is 0 Å². The minimum Gasteiger partial charge on any atom is -0.394 e. The first-order valence-electron chi connectivity index (χ1n) is 32.3. The average molecular weight is 1400 g/mol. The number of guanidine groups is 2. The van der Waals surface area contributed by atoms with E-state index in [-0.39, 0.29) is 89.3 Å². The first-order valence-corrected chi connectivity index (χ1v) is 32.3. The van der Waals surface area contributed by atoms with Crippen LogP contribution in [0.15, 0.2) is 70.6 Å². The molecule has 37 nitrogen and oxygen atoms in total. The summed E-state index contributed by atoms with van der Waals surface area (Å²) in [7, 11) is 0. The van der Waals surface area contributed by atoms with Crippen LogP contribution in [-0.4, -0.2) is 217 Å². The number of amides is 13. The van der Waals surface area contributed by atoms with Crippen molar-refractivity contribution in [2.24, 2.45) is 55.9 Å². The third-order valence-corrected chi connectivity index (χ3v) is 15.0. The van der Waals surface area contributed by atoms with Crippen molar-refractivity contribution < 1.29 is 72.5 Å². The molecule has 30 N–H and O–H groups in total. The zero-order valence-electron chi connectivity index (χ0n) is 56.4. The van der Waals surface area contributed by atoms with Crippen LogP contribution in [0.3, 0.4) is 0 Å². The number of nitrogens with one attached hydrogen (secondary N) is 12. The Morgan fingerprint density at radius 3 is 1.35 bits per heavy atom. The van der Waals surface area contributed by atoms with Gasteiger partial charge in [0.2, 0.25) is 76.8 Å². The molecule has 37 heteroatoms. The van der Waals surface area contributed by atoms with Crippen LogP contribution in [0.4, 0.5) is 0 Å². The maximum absolute atomic E-state index is 14.1. The molecule has 2 rings (SSSR count). The molecule has 0 fully saturated rings. The number of unbranched alkanes of at least 4 members (excludes halogenated alkanes) is 2. The number of primary amides is 1. The molecule has 0 unspecified atom stereocenters. The Hall–Kier alpha value is -10.1. The summed E-state index contributed by atoms with van der Waals surface area (Å²) in [4.78, 5) is 182. The molecule has 0 spiro atoms. The molecule has 11 atom stereocenters. The van der Waals surface area contributed by atoms with E-state index in [1.807, 2.05) is 6.07 Å². The minimum absolute atomic E-state index is 0.0264. The molecule has 2 aromatic carbocycles. The molecule has 0 aromatic heterocycles. The van der Waals surface area contributed by atoms with Crippen molar-refractivity contribution in [2.75, 3.05) is 52.4 Å². The van der Waals surface area contributed by atoms with Crippen molar-refractivity contribution in [1.29, 1.82) is 0 Å². The predicted molar refractivity (Wildman–Crippen MR) is 364 cm³/mol. The second kappa shape index (κ2) is 45.4. The molecule has 13 amide bonds. The summed E-state index contributed by atoms with van der Waals surface area (Å²) >= 11 is 0. The Morgan fingerprint density at radius 2 is 0.879 bits per heavy atom. The highest BCUT2D eigenvalue weighted by atomic mass is 16.3. The monoisotopic (exact) mass is 1390 g/mol. The largest absolute Gasteiger partial charge is 0.394 e. The fourth-order valence-corrected chi connectivity index (χ4v) is 9.45. The normalized spacial score (nSPS) is 14.5. The zero-order chi connectivity index (χ0) is 74.2. The van der Waals surface area contributed by atoms with E-state index in [0.29, 0.717) is 31.4 Å². The predicted octanol–water partition coefficient (Wildman–Crippen LogP) is -8.84. The van der Waals surface area contributed by atoms with Gasteiger partial charge in [0.05, 0.1) is 38.4 Å². The van der Waals surface area contributed by atoms with Gasteiger partial charge in [-0.15, -0.1) is 0 Å². The van der Waals surface area contributed by atoms with Crippen LogP contribution in [0, 0.1) is 0 Å². The van der Waals surface area contributed by atoms with Crippen molar-refractivity contribution in [2.45, 2.75) is 171 Å². The van der Waals surface area contributed by atoms with E-state index in [2.05, 4.69) is 73.8 Å². The van der Waals surface area contributed by atoms with Crippen molar-refractivity contribution >= 4 is 88.7 Å². The molecule has 99 heavy (non-hydrogen) atoms. The number of aliphatic hydroxyl groups is 2. The number of benzene rings is 2. The summed E-state index contributed by atoms with van der Waals surface area (Å²) in [5, 5.41) is 50.3. The Labute approximate surface area is 574 Å². The van der Waals surface area contributed by atoms with E-state index < -0.39 is 169 Å². The molecule has 0 aliphatic heterocycles. The Morgan fingerprint density at radius 1 is 0.465 bits per heavy atom. The third kappa shape index (κ3) is 33.6. The number of carbonyl (C=O) groups excluding carboxylic acids is 13. The van der Waals surface area contributed by atoms with Gasteiger partial charge >= 0.3 is 0 Å². The molecule has 0 saturated carbocycles. The van der Waals surface area contributed by atoms with Gasteiger partial charge in [-0.3, -0.25) is 72.3 Å². The highest BCUT2D eigenvalue weighted by Gasteiger charge is 2.39. The van der Waals surface area contributed by atoms with Crippen molar-refractivity contribution in [3.8, 4) is 0 Å². The average Bonchev–Trinajstić information content (AvgIpc) is 0.826. The van der Waals surface area contributed by atoms with Crippen molar-refractivity contribution in [1.82, 2.24) is 63.8 Å². The highest BCUT2D eigenvalue weighted by Crippen LogP contribution is 2.16. The van der Waals surface area contributed by atoms with E-state index in [1.165, 1.54) is 27.7 Å². The van der Waals surface area contributed by atoms with Crippen LogP contribution in [0.2, 0.25) is 0 Å². The van der Waals surface area contributed by atoms with Crippen molar-refractivity contribution in [3.63, 3.8) is 0 Å². The van der Waals surface area contributed by atoms with Crippen LogP contribution in [0.1, 0.15) is 103 Å². The lowest BCUT2D eigenvalue weighted by molar-refractivity contribution is -0.137. The smallest absolute Gasteiger partial charge is 0.246 e. The number of aliphatic hydroxyl groups excluding tert-OH is 2. The standard InChI is InChI=1S/C62H102N22O15/c1-35(76-47(88)32-75-58(98)49(37(3)86)83-59(99)62(4,30-39-19-9-6-10-20-39)84-48(89)33-73-46(87)31-74-53(93)40(65)29-38-17-7-5-8-18-38)51(91)79-44(24-16-28-72-61(69)70)55(95)81-42(22-12-14-26-64)56(96)82-45(34-85)57(97)77-36(2)52(92)80-43(23-15-27-71-60(67)68)54(94)78-41(50(66)90)21-11-13-25-63/h5-10,17-20,35-37,40-45,49,85-86H,11-16,21-34,63-65H2,1-4H3,(H2,66,90)(H,73,87)(H,74,93)(H,75,98)(H,76,88)(H,77,97)(H,78,94)(H,79,91)(H,80,92)(H,81,95)(H,82,96)(H,83,99)(H,84,89)(H4,67,68,71)(H4,69,70,72)/t35-,36-,37+,40-,41-,42-,43-,44-,45-,49-,62-/m0/s1. The number of hydrogen-bond acceptors (Lipinski definition) is 20. The van der Waals surface area contributed by atoms with Gasteiger partial charge in [0, 0.05) is 19.5 Å². The second-order valence-electron chi connectivity index (χ2n) is 23.6. The van der Waals surface area contributed by atoms with Gasteiger partial charge in [0.1, 0.15) is 53.9 Å². The molecule has 550 valence electrons. The summed E-state index contributed by atoms with van der Waals surface area (Å²) in [5.74, 6) is -12.2. The topological polar surface area (TPSA) is 640 Å². The number of nitrogens with zero attached hydrogens (tertiary/aromatic N) is 2. The lowest BCUT2D eigenvalue weighted by atomic mass is 9.91. The lowest BCUT2D eigenvalue weighted by Crippen LogP contribution is -2.64. The van der Waals surface area contributed by atoms with Gasteiger partial charge in [0.25, 0.3) is 0 Å². The number of hydrogen-bond donors (Lipinski definition) is 22. The summed E-state index contributed by atoms with van der Waals surface area (Å²) in [6, 6.07) is 4.80. The summed E-state index contributed by atoms with van der Waals surface area (Å²) in [6.07, 6.45) is 0.180. The molecule has 0 radical (unpaired) electrons. The molecule has 0 bridgehead atoms. The van der Waals surface area contributed by atoms with E-state index in [9.17, 15) is 72.5 Å². The molecular formula is C62H102N22O15. The highest BCUT2D eigenvalue weighted by molar-refractivity contribution is 5.99. The lowest BCUT2D eigenvalue weighted by Gasteiger charge is -2.32. The van der Waals surface area contributed by atoms with Crippen LogP contribution in [0.5, 0.6) is 0 Å². The van der Waals surface area contributed by atoms with E-state index in [1.54, 1.807) is 54.6 Å². The zero-order valence-corrected chi connectivity index (χ0v) is 56.4. The second-order valence-corrected chi connectivity index (χ2v) is 23.6. The first-order chi connectivity index (χ1) is 46.8. The molecule has 0 aliphatic rings.